The molecule has 1 atom stereocenters. The monoisotopic (exact) mass is 134 g/mol. The van der Waals surface area contributed by atoms with Crippen LogP contribution in [0.5, 0.6) is 0 Å². The normalized spacial score (nSPS) is 14.3. The first-order chi connectivity index (χ1) is 4.18. The molecule has 0 aliphatic heterocycles. The highest BCUT2D eigenvalue weighted by Gasteiger charge is 2.05. The standard InChI is InChI=1S/C6H15FN2/c1-6(9(3)7)4-5-8-2/h6,8H,4-5H2,1-3H3. The van der Waals surface area contributed by atoms with E-state index in [1.165, 1.54) is 7.05 Å². The zero-order chi connectivity index (χ0) is 7.28. The highest BCUT2D eigenvalue weighted by Crippen LogP contribution is 1.98. The molecule has 3 heteroatoms. The average Bonchev–Trinajstić information content (AvgIpc) is 1.82. The van der Waals surface area contributed by atoms with Gasteiger partial charge < -0.3 is 5.32 Å². The summed E-state index contributed by atoms with van der Waals surface area (Å²) in [7, 11) is 3.31. The molecule has 0 spiro atoms. The lowest BCUT2D eigenvalue weighted by Gasteiger charge is -2.13. The molecule has 9 heavy (non-hydrogen) atoms. The number of hydrogen-bond donors (Lipinski definition) is 1. The molecule has 1 N–H and O–H groups in total. The molecule has 2 nitrogen and oxygen atoms in total. The Morgan fingerprint density at radius 3 is 2.56 bits per heavy atom. The second-order valence-electron chi connectivity index (χ2n) is 2.27. The summed E-state index contributed by atoms with van der Waals surface area (Å²) in [6, 6.07) is 0.0254. The maximum Gasteiger partial charge on any atom is 0.0383 e. The summed E-state index contributed by atoms with van der Waals surface area (Å²) in [6.45, 7) is 2.73. The van der Waals surface area contributed by atoms with Crippen LogP contribution in [0.3, 0.4) is 0 Å². The maximum atomic E-state index is 12.2. The van der Waals surface area contributed by atoms with Crippen molar-refractivity contribution < 1.29 is 4.48 Å². The third kappa shape index (κ3) is 4.36. The number of rotatable bonds is 4. The van der Waals surface area contributed by atoms with Crippen LogP contribution in [0.2, 0.25) is 0 Å². The van der Waals surface area contributed by atoms with Crippen molar-refractivity contribution >= 4 is 0 Å². The average molecular weight is 134 g/mol. The zero-order valence-electron chi connectivity index (χ0n) is 6.32. The van der Waals surface area contributed by atoms with E-state index in [-0.39, 0.29) is 6.04 Å². The van der Waals surface area contributed by atoms with Gasteiger partial charge >= 0.3 is 0 Å². The first-order valence-corrected chi connectivity index (χ1v) is 3.21. The quantitative estimate of drug-likeness (QED) is 0.572. The van der Waals surface area contributed by atoms with Crippen molar-refractivity contribution in [1.29, 1.82) is 0 Å². The van der Waals surface area contributed by atoms with Gasteiger partial charge in [-0.25, -0.2) is 0 Å². The van der Waals surface area contributed by atoms with Gasteiger partial charge in [0, 0.05) is 13.1 Å². The van der Waals surface area contributed by atoms with Crippen LogP contribution in [0.15, 0.2) is 0 Å². The molecule has 56 valence electrons. The van der Waals surface area contributed by atoms with Crippen LogP contribution in [-0.4, -0.2) is 31.8 Å². The van der Waals surface area contributed by atoms with E-state index < -0.39 is 0 Å². The summed E-state index contributed by atoms with van der Waals surface area (Å²) in [5.41, 5.74) is 0. The Kier molecular flexibility index (Phi) is 4.62. The van der Waals surface area contributed by atoms with Crippen LogP contribution in [0, 0.1) is 0 Å². The summed E-state index contributed by atoms with van der Waals surface area (Å²) in [5.74, 6) is 0. The molecule has 0 heterocycles. The highest BCUT2D eigenvalue weighted by atomic mass is 19.2. The summed E-state index contributed by atoms with van der Waals surface area (Å²) in [6.07, 6.45) is 0.851. The van der Waals surface area contributed by atoms with Gasteiger partial charge in [-0.05, 0) is 26.9 Å². The molecule has 0 bridgehead atoms. The lowest BCUT2D eigenvalue weighted by Crippen LogP contribution is -2.24. The Bertz CT molecular complexity index is 66.1. The van der Waals surface area contributed by atoms with Crippen LogP contribution in [0.25, 0.3) is 0 Å². The van der Waals surface area contributed by atoms with Crippen molar-refractivity contribution in [2.24, 2.45) is 0 Å². The first kappa shape index (κ1) is 8.85. The lowest BCUT2D eigenvalue weighted by atomic mass is 10.2. The molecule has 0 amide bonds. The van der Waals surface area contributed by atoms with Gasteiger partial charge in [-0.2, -0.15) is 0 Å². The third-order valence-electron chi connectivity index (χ3n) is 1.42. The van der Waals surface area contributed by atoms with Crippen molar-refractivity contribution in [2.75, 3.05) is 20.6 Å². The van der Waals surface area contributed by atoms with Crippen molar-refractivity contribution in [3.8, 4) is 0 Å². The lowest BCUT2D eigenvalue weighted by molar-refractivity contribution is 0.0137. The first-order valence-electron chi connectivity index (χ1n) is 3.21. The van der Waals surface area contributed by atoms with Crippen molar-refractivity contribution in [3.05, 3.63) is 0 Å². The summed E-state index contributed by atoms with van der Waals surface area (Å²) in [4.78, 5) is 0. The Hall–Kier alpha value is -0.150. The van der Waals surface area contributed by atoms with Crippen LogP contribution in [-0.2, 0) is 0 Å². The minimum absolute atomic E-state index is 0.0254. The summed E-state index contributed by atoms with van der Waals surface area (Å²) < 4.78 is 12.2. The van der Waals surface area contributed by atoms with E-state index in [9.17, 15) is 4.48 Å². The van der Waals surface area contributed by atoms with Crippen LogP contribution in [0.1, 0.15) is 13.3 Å². The van der Waals surface area contributed by atoms with Gasteiger partial charge in [-0.3, -0.25) is 0 Å². The number of hydrogen-bond acceptors (Lipinski definition) is 2. The zero-order valence-corrected chi connectivity index (χ0v) is 6.32. The molecular weight excluding hydrogens is 119 g/mol. The van der Waals surface area contributed by atoms with Gasteiger partial charge in [-0.15, -0.1) is 9.60 Å². The van der Waals surface area contributed by atoms with Gasteiger partial charge in [0.1, 0.15) is 0 Å². The van der Waals surface area contributed by atoms with E-state index >= 15 is 0 Å². The Morgan fingerprint density at radius 2 is 2.22 bits per heavy atom. The predicted molar refractivity (Wildman–Crippen MR) is 36.9 cm³/mol. The third-order valence-corrected chi connectivity index (χ3v) is 1.42. The minimum Gasteiger partial charge on any atom is -0.320 e. The number of nitrogens with zero attached hydrogens (tertiary/aromatic N) is 1. The van der Waals surface area contributed by atoms with E-state index in [0.717, 1.165) is 18.1 Å². The second-order valence-corrected chi connectivity index (χ2v) is 2.27. The molecule has 0 aliphatic rings. The van der Waals surface area contributed by atoms with E-state index in [0.29, 0.717) is 0 Å². The van der Waals surface area contributed by atoms with Gasteiger partial charge in [0.05, 0.1) is 0 Å². The molecule has 0 saturated heterocycles. The second kappa shape index (κ2) is 4.70. The van der Waals surface area contributed by atoms with Gasteiger partial charge in [-0.1, -0.05) is 0 Å². The Balaban J connectivity index is 3.16. The van der Waals surface area contributed by atoms with Gasteiger partial charge in [0.15, 0.2) is 0 Å². The van der Waals surface area contributed by atoms with E-state index in [2.05, 4.69) is 5.32 Å². The number of nitrogens with one attached hydrogen (secondary N) is 1. The molecule has 0 aromatic heterocycles. The van der Waals surface area contributed by atoms with E-state index in [1.54, 1.807) is 0 Å². The molecule has 0 aromatic carbocycles. The molecule has 1 unspecified atom stereocenters. The highest BCUT2D eigenvalue weighted by molar-refractivity contribution is 4.56. The fraction of sp³-hybridized carbons (Fsp3) is 1.00. The van der Waals surface area contributed by atoms with E-state index in [1.807, 2.05) is 14.0 Å². The molecule has 0 fully saturated rings. The van der Waals surface area contributed by atoms with Crippen LogP contribution in [0.4, 0.5) is 4.48 Å². The van der Waals surface area contributed by atoms with E-state index in [4.69, 9.17) is 0 Å². The summed E-state index contributed by atoms with van der Waals surface area (Å²) in [5, 5.41) is 3.69. The Labute approximate surface area is 56.0 Å². The molecule has 0 aromatic rings. The Morgan fingerprint density at radius 1 is 1.67 bits per heavy atom. The van der Waals surface area contributed by atoms with Gasteiger partial charge in [0.25, 0.3) is 0 Å². The topological polar surface area (TPSA) is 15.3 Å². The van der Waals surface area contributed by atoms with Crippen molar-refractivity contribution in [3.63, 3.8) is 0 Å². The number of halogens is 1. The van der Waals surface area contributed by atoms with Crippen LogP contribution >= 0.6 is 0 Å². The summed E-state index contributed by atoms with van der Waals surface area (Å²) >= 11 is 0. The van der Waals surface area contributed by atoms with Crippen molar-refractivity contribution in [1.82, 2.24) is 10.4 Å². The SMILES string of the molecule is CNCCC(C)N(C)F. The molecule has 0 radical (unpaired) electrons. The molecule has 0 saturated carbocycles. The molecule has 0 aliphatic carbocycles. The fourth-order valence-electron chi connectivity index (χ4n) is 0.531. The smallest absolute Gasteiger partial charge is 0.0383 e. The van der Waals surface area contributed by atoms with Gasteiger partial charge in [0.2, 0.25) is 0 Å². The minimum atomic E-state index is 0.0254. The predicted octanol–water partition coefficient (Wildman–Crippen LogP) is 0.801. The maximum absolute atomic E-state index is 12.2. The van der Waals surface area contributed by atoms with Crippen LogP contribution < -0.4 is 5.32 Å². The molecule has 0 rings (SSSR count). The molecular formula is C6H15FN2. The fourth-order valence-corrected chi connectivity index (χ4v) is 0.531. The largest absolute Gasteiger partial charge is 0.320 e. The van der Waals surface area contributed by atoms with Crippen molar-refractivity contribution in [2.45, 2.75) is 19.4 Å².